The van der Waals surface area contributed by atoms with Crippen LogP contribution in [0.2, 0.25) is 0 Å². The van der Waals surface area contributed by atoms with Gasteiger partial charge < -0.3 is 9.72 Å². The Kier molecular flexibility index (Phi) is 5.48. The number of rotatable bonds is 3. The number of hydrogen-bond acceptors (Lipinski definition) is 3. The van der Waals surface area contributed by atoms with Gasteiger partial charge in [0.1, 0.15) is 12.0 Å². The molecule has 1 aliphatic heterocycles. The molecule has 7 aromatic carbocycles. The molecule has 1 unspecified atom stereocenters. The first-order chi connectivity index (χ1) is 24.6. The van der Waals surface area contributed by atoms with Crippen molar-refractivity contribution in [3.63, 3.8) is 0 Å². The lowest BCUT2D eigenvalue weighted by Gasteiger charge is -2.25. The van der Waals surface area contributed by atoms with E-state index in [0.29, 0.717) is 0 Å². The largest absolute Gasteiger partial charge is 0.344 e. The van der Waals surface area contributed by atoms with Gasteiger partial charge in [0.15, 0.2) is 5.84 Å². The van der Waals surface area contributed by atoms with Crippen LogP contribution in [0, 0.1) is 0 Å². The van der Waals surface area contributed by atoms with Crippen molar-refractivity contribution in [2.24, 2.45) is 9.98 Å². The zero-order valence-corrected chi connectivity index (χ0v) is 27.8. The van der Waals surface area contributed by atoms with Gasteiger partial charge in [0, 0.05) is 43.5 Å². The predicted molar refractivity (Wildman–Crippen MR) is 208 cm³/mol. The third kappa shape index (κ3) is 3.65. The first-order valence-corrected chi connectivity index (χ1v) is 17.4. The van der Waals surface area contributed by atoms with Crippen LogP contribution in [0.5, 0.6) is 0 Å². The molecule has 0 radical (unpaired) electrons. The number of aromatic nitrogens is 1. The molecule has 0 spiro atoms. The Morgan fingerprint density at radius 2 is 1.20 bits per heavy atom. The lowest BCUT2D eigenvalue weighted by molar-refractivity contribution is 0.660. The summed E-state index contributed by atoms with van der Waals surface area (Å²) in [5.41, 5.74) is 12.2. The van der Waals surface area contributed by atoms with E-state index in [2.05, 4.69) is 157 Å². The van der Waals surface area contributed by atoms with Crippen LogP contribution in [0.1, 0.15) is 47.8 Å². The molecule has 9 aromatic rings. The van der Waals surface area contributed by atoms with E-state index in [9.17, 15) is 0 Å². The molecule has 4 nitrogen and oxygen atoms in total. The van der Waals surface area contributed by atoms with Gasteiger partial charge in [-0.25, -0.2) is 9.98 Å². The molecule has 2 aromatic heterocycles. The molecule has 0 saturated carbocycles. The molecule has 236 valence electrons. The summed E-state index contributed by atoms with van der Waals surface area (Å²) in [6.45, 7) is 4.71. The highest BCUT2D eigenvalue weighted by Crippen LogP contribution is 2.53. The molecule has 0 saturated heterocycles. The smallest absolute Gasteiger partial charge is 0.159 e. The van der Waals surface area contributed by atoms with E-state index in [-0.39, 0.29) is 11.6 Å². The molecule has 1 N–H and O–H groups in total. The van der Waals surface area contributed by atoms with E-state index in [4.69, 9.17) is 9.98 Å². The summed E-state index contributed by atoms with van der Waals surface area (Å²) < 4.78 is 2.51. The molecule has 3 heterocycles. The first-order valence-electron chi connectivity index (χ1n) is 17.4. The van der Waals surface area contributed by atoms with Crippen LogP contribution in [0.3, 0.4) is 0 Å². The van der Waals surface area contributed by atoms with Gasteiger partial charge in [0.05, 0.1) is 16.6 Å². The van der Waals surface area contributed by atoms with Crippen molar-refractivity contribution in [3.8, 4) is 11.1 Å². The third-order valence-electron chi connectivity index (χ3n) is 11.2. The molecule has 1 atom stereocenters. The van der Waals surface area contributed by atoms with Gasteiger partial charge in [0.2, 0.25) is 0 Å². The molecule has 2 aliphatic rings. The Labute approximate surface area is 289 Å². The highest BCUT2D eigenvalue weighted by molar-refractivity contribution is 6.28. The van der Waals surface area contributed by atoms with Crippen molar-refractivity contribution in [1.29, 1.82) is 0 Å². The van der Waals surface area contributed by atoms with Crippen LogP contribution >= 0.6 is 0 Å². The molecular weight excluding hydrogens is 609 g/mol. The average molecular weight is 641 g/mol. The van der Waals surface area contributed by atoms with Gasteiger partial charge in [0.25, 0.3) is 0 Å². The van der Waals surface area contributed by atoms with Crippen LogP contribution < -0.4 is 5.32 Å². The Morgan fingerprint density at radius 1 is 0.560 bits per heavy atom. The fourth-order valence-electron chi connectivity index (χ4n) is 8.82. The van der Waals surface area contributed by atoms with Crippen LogP contribution in [0.15, 0.2) is 156 Å². The molecule has 11 rings (SSSR count). The minimum absolute atomic E-state index is 0.192. The molecule has 4 heteroatoms. The van der Waals surface area contributed by atoms with Gasteiger partial charge in [-0.15, -0.1) is 0 Å². The summed E-state index contributed by atoms with van der Waals surface area (Å²) in [5.74, 6) is 1.58. The van der Waals surface area contributed by atoms with Crippen LogP contribution in [0.4, 0.5) is 0 Å². The maximum absolute atomic E-state index is 5.18. The maximum atomic E-state index is 5.18. The van der Waals surface area contributed by atoms with Crippen molar-refractivity contribution >= 4 is 60.5 Å². The number of para-hydroxylation sites is 2. The average Bonchev–Trinajstić information content (AvgIpc) is 3.78. The second-order valence-electron chi connectivity index (χ2n) is 14.2. The van der Waals surface area contributed by atoms with Gasteiger partial charge in [-0.2, -0.15) is 0 Å². The Hall–Kier alpha value is -6.26. The number of benzene rings is 7. The third-order valence-corrected chi connectivity index (χ3v) is 11.2. The summed E-state index contributed by atoms with van der Waals surface area (Å²) in [6, 6.07) is 52.6. The van der Waals surface area contributed by atoms with Crippen LogP contribution in [-0.4, -0.2) is 16.1 Å². The maximum Gasteiger partial charge on any atom is 0.159 e. The number of aliphatic imine (C=N–C) groups is 2. The Balaban J connectivity index is 1.12. The van der Waals surface area contributed by atoms with E-state index in [0.717, 1.165) is 28.4 Å². The fraction of sp³-hybridized carbons (Fsp3) is 0.0870. The second kappa shape index (κ2) is 9.90. The summed E-state index contributed by atoms with van der Waals surface area (Å²) in [7, 11) is 0. The molecule has 0 bridgehead atoms. The number of nitrogens with one attached hydrogen (secondary N) is 1. The lowest BCUT2D eigenvalue weighted by Crippen LogP contribution is -2.33. The molecule has 0 amide bonds. The SMILES string of the molecule is CC1(C)c2cc(C3=NC(c4ccccc4)NC(c4ccccc4)=N3)ccc2-c2c1ccc1c2ccc2c3cccc4c5ccccc5n(c12)c43. The van der Waals surface area contributed by atoms with Crippen molar-refractivity contribution < 1.29 is 0 Å². The van der Waals surface area contributed by atoms with Crippen LogP contribution in [-0.2, 0) is 5.41 Å². The molecule has 0 fully saturated rings. The number of amidine groups is 2. The fourth-order valence-corrected chi connectivity index (χ4v) is 8.82. The van der Waals surface area contributed by atoms with E-state index < -0.39 is 0 Å². The normalized spacial score (nSPS) is 16.6. The van der Waals surface area contributed by atoms with E-state index >= 15 is 0 Å². The first kappa shape index (κ1) is 27.7. The van der Waals surface area contributed by atoms with Gasteiger partial charge >= 0.3 is 0 Å². The summed E-state index contributed by atoms with van der Waals surface area (Å²) in [4.78, 5) is 10.3. The number of nitrogens with zero attached hydrogens (tertiary/aromatic N) is 3. The zero-order valence-electron chi connectivity index (χ0n) is 27.8. The quantitative estimate of drug-likeness (QED) is 0.205. The number of hydrogen-bond donors (Lipinski definition) is 1. The van der Waals surface area contributed by atoms with Gasteiger partial charge in [-0.1, -0.05) is 147 Å². The van der Waals surface area contributed by atoms with E-state index in [1.165, 1.54) is 71.1 Å². The predicted octanol–water partition coefficient (Wildman–Crippen LogP) is 10.8. The second-order valence-corrected chi connectivity index (χ2v) is 14.2. The van der Waals surface area contributed by atoms with Crippen molar-refractivity contribution in [3.05, 3.63) is 173 Å². The minimum atomic E-state index is -0.233. The van der Waals surface area contributed by atoms with Crippen LogP contribution in [0.25, 0.3) is 60.0 Å². The zero-order chi connectivity index (χ0) is 33.1. The monoisotopic (exact) mass is 640 g/mol. The van der Waals surface area contributed by atoms with Gasteiger partial charge in [-0.05, 0) is 45.3 Å². The lowest BCUT2D eigenvalue weighted by atomic mass is 9.81. The number of fused-ring (bicyclic) bond motifs is 12. The molecule has 1 aliphatic carbocycles. The molecule has 50 heavy (non-hydrogen) atoms. The van der Waals surface area contributed by atoms with Crippen molar-refractivity contribution in [2.75, 3.05) is 0 Å². The highest BCUT2D eigenvalue weighted by atomic mass is 15.2. The Bertz CT molecular complexity index is 2910. The topological polar surface area (TPSA) is 41.2 Å². The standard InChI is InChI=1S/C46H32N4/c1-46(2)37-25-24-34-31(22-23-35-33-18-11-17-32-30-16-9-10-19-39(30)50(41(32)33)42(34)35)40(37)36-21-20-29(26-38(36)46)45-48-43(27-12-5-3-6-13-27)47-44(49-45)28-14-7-4-8-15-28/h3-26,43H,1-2H3,(H,47,48,49). The van der Waals surface area contributed by atoms with E-state index in [1.807, 2.05) is 12.1 Å². The molecular formula is C46H32N4. The summed E-state index contributed by atoms with van der Waals surface area (Å²) in [6.07, 6.45) is -0.233. The van der Waals surface area contributed by atoms with E-state index in [1.54, 1.807) is 0 Å². The highest BCUT2D eigenvalue weighted by Gasteiger charge is 2.37. The van der Waals surface area contributed by atoms with Gasteiger partial charge in [-0.3, -0.25) is 0 Å². The summed E-state index contributed by atoms with van der Waals surface area (Å²) in [5, 5.41) is 11.4. The van der Waals surface area contributed by atoms with Crippen molar-refractivity contribution in [1.82, 2.24) is 9.72 Å². The summed E-state index contributed by atoms with van der Waals surface area (Å²) >= 11 is 0. The van der Waals surface area contributed by atoms with Crippen molar-refractivity contribution in [2.45, 2.75) is 25.4 Å². The Morgan fingerprint density at radius 3 is 2.02 bits per heavy atom. The minimum Gasteiger partial charge on any atom is -0.344 e.